The molecule has 0 saturated carbocycles. The van der Waals surface area contributed by atoms with Gasteiger partial charge in [0.2, 0.25) is 0 Å². The number of nitro groups is 1. The van der Waals surface area contributed by atoms with E-state index >= 15 is 0 Å². The first-order valence-corrected chi connectivity index (χ1v) is 7.47. The van der Waals surface area contributed by atoms with Crippen LogP contribution in [0.5, 0.6) is 0 Å². The van der Waals surface area contributed by atoms with Crippen molar-refractivity contribution in [3.05, 3.63) is 52.3 Å². The van der Waals surface area contributed by atoms with Crippen LogP contribution in [0.4, 0.5) is 5.69 Å². The van der Waals surface area contributed by atoms with Crippen molar-refractivity contribution in [3.63, 3.8) is 0 Å². The summed E-state index contributed by atoms with van der Waals surface area (Å²) in [6, 6.07) is 10.2. The van der Waals surface area contributed by atoms with Gasteiger partial charge in [-0.05, 0) is 31.0 Å². The zero-order valence-corrected chi connectivity index (χ0v) is 12.2. The van der Waals surface area contributed by atoms with E-state index in [1.54, 1.807) is 24.3 Å². The first-order valence-electron chi connectivity index (χ1n) is 7.47. The fourth-order valence-corrected chi connectivity index (χ4v) is 2.99. The van der Waals surface area contributed by atoms with Crippen molar-refractivity contribution in [1.82, 2.24) is 0 Å². The number of aliphatic hydroxyl groups is 1. The quantitative estimate of drug-likeness (QED) is 0.661. The van der Waals surface area contributed by atoms with Crippen LogP contribution in [-0.4, -0.2) is 29.2 Å². The van der Waals surface area contributed by atoms with Crippen molar-refractivity contribution in [1.29, 1.82) is 0 Å². The number of nitro benzene ring substituents is 1. The number of benzene rings is 1. The summed E-state index contributed by atoms with van der Waals surface area (Å²) < 4.78 is 5.79. The molecule has 1 unspecified atom stereocenters. The summed E-state index contributed by atoms with van der Waals surface area (Å²) in [5.74, 6) is 1.30. The number of nitrogens with one attached hydrogen (secondary N) is 1. The van der Waals surface area contributed by atoms with Crippen molar-refractivity contribution in [2.24, 2.45) is 0 Å². The van der Waals surface area contributed by atoms with Gasteiger partial charge in [0.15, 0.2) is 5.76 Å². The first kappa shape index (κ1) is 14.7. The second-order valence-corrected chi connectivity index (χ2v) is 5.72. The third kappa shape index (κ3) is 3.18. The summed E-state index contributed by atoms with van der Waals surface area (Å²) in [6.07, 6.45) is 1.63. The number of piperidine rings is 1. The molecule has 22 heavy (non-hydrogen) atoms. The molecule has 2 heterocycles. The van der Waals surface area contributed by atoms with E-state index in [-0.39, 0.29) is 11.8 Å². The molecular formula is C16H19N2O4+. The third-order valence-electron chi connectivity index (χ3n) is 4.04. The normalized spacial score (nSPS) is 21.7. The van der Waals surface area contributed by atoms with Crippen LogP contribution in [0.2, 0.25) is 0 Å². The maximum absolute atomic E-state index is 11.1. The minimum absolute atomic E-state index is 0.0455. The number of furan rings is 1. The van der Waals surface area contributed by atoms with Gasteiger partial charge in [-0.3, -0.25) is 10.1 Å². The number of nitrogens with zero attached hydrogens (tertiary/aromatic N) is 1. The van der Waals surface area contributed by atoms with Crippen molar-refractivity contribution in [2.45, 2.75) is 25.5 Å². The van der Waals surface area contributed by atoms with Crippen LogP contribution < -0.4 is 4.90 Å². The first-order chi connectivity index (χ1) is 10.6. The Labute approximate surface area is 128 Å². The van der Waals surface area contributed by atoms with Gasteiger partial charge in [0.1, 0.15) is 25.0 Å². The van der Waals surface area contributed by atoms with Gasteiger partial charge in [-0.25, -0.2) is 0 Å². The Morgan fingerprint density at radius 2 is 2.14 bits per heavy atom. The summed E-state index contributed by atoms with van der Waals surface area (Å²) in [6.45, 7) is 2.43. The number of para-hydroxylation sites is 1. The molecule has 1 aliphatic rings. The zero-order chi connectivity index (χ0) is 15.5. The molecule has 1 fully saturated rings. The van der Waals surface area contributed by atoms with Crippen LogP contribution in [0.25, 0.3) is 11.3 Å². The lowest BCUT2D eigenvalue weighted by Crippen LogP contribution is -3.12. The number of quaternary nitrogens is 1. The lowest BCUT2D eigenvalue weighted by atomic mass is 10.1. The predicted octanol–water partition coefficient (Wildman–Crippen LogP) is 1.39. The highest BCUT2D eigenvalue weighted by Gasteiger charge is 2.23. The lowest BCUT2D eigenvalue weighted by Gasteiger charge is -2.26. The molecule has 3 rings (SSSR count). The van der Waals surface area contributed by atoms with E-state index in [1.807, 2.05) is 6.07 Å². The Morgan fingerprint density at radius 3 is 2.91 bits per heavy atom. The van der Waals surface area contributed by atoms with Gasteiger partial charge in [0, 0.05) is 6.07 Å². The number of aliphatic hydroxyl groups excluding tert-OH is 1. The smallest absolute Gasteiger partial charge is 0.280 e. The van der Waals surface area contributed by atoms with Crippen molar-refractivity contribution in [3.8, 4) is 11.3 Å². The van der Waals surface area contributed by atoms with E-state index in [9.17, 15) is 15.2 Å². The predicted molar refractivity (Wildman–Crippen MR) is 80.4 cm³/mol. The molecule has 0 spiro atoms. The molecule has 6 nitrogen and oxygen atoms in total. The Hall–Kier alpha value is -2.18. The molecule has 116 valence electrons. The van der Waals surface area contributed by atoms with E-state index < -0.39 is 4.92 Å². The molecule has 0 bridgehead atoms. The molecular weight excluding hydrogens is 284 g/mol. The van der Waals surface area contributed by atoms with Crippen LogP contribution in [0, 0.1) is 10.1 Å². The van der Waals surface area contributed by atoms with Crippen molar-refractivity contribution < 1.29 is 19.3 Å². The number of hydrogen-bond donors (Lipinski definition) is 2. The third-order valence-corrected chi connectivity index (χ3v) is 4.04. The largest absolute Gasteiger partial charge is 0.455 e. The van der Waals surface area contributed by atoms with Crippen molar-refractivity contribution >= 4 is 5.69 Å². The van der Waals surface area contributed by atoms with E-state index in [0.717, 1.165) is 31.7 Å². The zero-order valence-electron chi connectivity index (χ0n) is 12.2. The average molecular weight is 303 g/mol. The Morgan fingerprint density at radius 1 is 1.32 bits per heavy atom. The van der Waals surface area contributed by atoms with E-state index in [0.29, 0.717) is 17.9 Å². The topological polar surface area (TPSA) is 81.0 Å². The average Bonchev–Trinajstić information content (AvgIpc) is 2.95. The maximum atomic E-state index is 11.1. The molecule has 1 aliphatic heterocycles. The van der Waals surface area contributed by atoms with Gasteiger partial charge < -0.3 is 14.4 Å². The Bertz CT molecular complexity index is 668. The summed E-state index contributed by atoms with van der Waals surface area (Å²) in [5.41, 5.74) is 0.538. The second kappa shape index (κ2) is 6.29. The maximum Gasteiger partial charge on any atom is 0.280 e. The van der Waals surface area contributed by atoms with Gasteiger partial charge in [-0.1, -0.05) is 12.1 Å². The van der Waals surface area contributed by atoms with E-state index in [2.05, 4.69) is 0 Å². The number of rotatable bonds is 4. The van der Waals surface area contributed by atoms with Gasteiger partial charge in [0.05, 0.1) is 17.0 Å². The Balaban J connectivity index is 1.78. The summed E-state index contributed by atoms with van der Waals surface area (Å²) in [7, 11) is 0. The van der Waals surface area contributed by atoms with E-state index in [1.165, 1.54) is 11.0 Å². The molecule has 0 aliphatic carbocycles. The monoisotopic (exact) mass is 303 g/mol. The summed E-state index contributed by atoms with van der Waals surface area (Å²) in [4.78, 5) is 12.0. The minimum atomic E-state index is -0.399. The highest BCUT2D eigenvalue weighted by atomic mass is 16.6. The molecule has 1 aromatic carbocycles. The molecule has 2 N–H and O–H groups in total. The fourth-order valence-electron chi connectivity index (χ4n) is 2.99. The SMILES string of the molecule is O=[N+]([O-])c1ccccc1-c1ccc(C[NH+]2CCC[C@H](O)C2)o1. The van der Waals surface area contributed by atoms with Gasteiger partial charge in [-0.2, -0.15) is 0 Å². The lowest BCUT2D eigenvalue weighted by molar-refractivity contribution is -0.922. The number of likely N-dealkylation sites (tertiary alicyclic amines) is 1. The fraction of sp³-hybridized carbons (Fsp3) is 0.375. The van der Waals surface area contributed by atoms with Crippen molar-refractivity contribution in [2.75, 3.05) is 13.1 Å². The van der Waals surface area contributed by atoms with Crippen LogP contribution in [0.3, 0.4) is 0 Å². The summed E-state index contributed by atoms with van der Waals surface area (Å²) >= 11 is 0. The Kier molecular flexibility index (Phi) is 4.22. The molecule has 2 atom stereocenters. The molecule has 1 saturated heterocycles. The standard InChI is InChI=1S/C16H18N2O4/c19-12-4-3-9-17(10-12)11-13-7-8-16(22-13)14-5-1-2-6-15(14)18(20)21/h1-2,5-8,12,19H,3-4,9-11H2/p+1/t12-/m0/s1. The second-order valence-electron chi connectivity index (χ2n) is 5.72. The highest BCUT2D eigenvalue weighted by Crippen LogP contribution is 2.30. The highest BCUT2D eigenvalue weighted by molar-refractivity contribution is 5.69. The molecule has 0 amide bonds. The number of hydrogen-bond acceptors (Lipinski definition) is 4. The molecule has 6 heteroatoms. The van der Waals surface area contributed by atoms with Crippen LogP contribution >= 0.6 is 0 Å². The van der Waals surface area contributed by atoms with E-state index in [4.69, 9.17) is 4.42 Å². The molecule has 1 aromatic heterocycles. The van der Waals surface area contributed by atoms with Crippen LogP contribution in [-0.2, 0) is 6.54 Å². The van der Waals surface area contributed by atoms with Gasteiger partial charge in [-0.15, -0.1) is 0 Å². The summed E-state index contributed by atoms with van der Waals surface area (Å²) in [5, 5.41) is 20.8. The van der Waals surface area contributed by atoms with Gasteiger partial charge >= 0.3 is 0 Å². The minimum Gasteiger partial charge on any atom is -0.455 e. The van der Waals surface area contributed by atoms with Crippen LogP contribution in [0.1, 0.15) is 18.6 Å². The molecule has 0 radical (unpaired) electrons. The van der Waals surface area contributed by atoms with Gasteiger partial charge in [0.25, 0.3) is 5.69 Å². The molecule has 2 aromatic rings. The van der Waals surface area contributed by atoms with Crippen LogP contribution in [0.15, 0.2) is 40.8 Å².